The van der Waals surface area contributed by atoms with Gasteiger partial charge in [-0.05, 0) is 104 Å². The molecule has 3 aromatic carbocycles. The summed E-state index contributed by atoms with van der Waals surface area (Å²) in [6.07, 6.45) is 5.22. The molecule has 5 aromatic rings. The number of nitrogens with one attached hydrogen (secondary N) is 2. The molecule has 0 atom stereocenters. The highest BCUT2D eigenvalue weighted by Gasteiger charge is 2.16. The van der Waals surface area contributed by atoms with E-state index in [1.54, 1.807) is 30.7 Å². The normalized spacial score (nSPS) is 15.6. The number of pyridine rings is 1. The summed E-state index contributed by atoms with van der Waals surface area (Å²) in [4.78, 5) is 46.6. The standard InChI is InChI=1S/C29H31N7O.C13H17ClN2O/c1-21-5-10-25(18-27(21)34-29-31-13-11-26(33-29)24-4-3-12-30-19-24)32-28(37)23-8-6-22(7-9-23)20-36-16-14-35(2)15-17-36;1-15-6-8-16(9-7-15)10-11-2-4-12(5-3-11)13(14)17/h3-13,18-19H,14-17,20H2,1-2H3,(H,32,37)(H,31,33,34);2-5H,6-10H2,1H3. The zero-order valence-corrected chi connectivity index (χ0v) is 32.0. The predicted molar refractivity (Wildman–Crippen MR) is 216 cm³/mol. The summed E-state index contributed by atoms with van der Waals surface area (Å²) in [7, 11) is 4.31. The van der Waals surface area contributed by atoms with Gasteiger partial charge in [0.05, 0.1) is 5.69 Å². The molecule has 7 rings (SSSR count). The third-order valence-corrected chi connectivity index (χ3v) is 9.97. The van der Waals surface area contributed by atoms with E-state index in [1.807, 2.05) is 79.7 Å². The van der Waals surface area contributed by atoms with Crippen LogP contribution in [0.3, 0.4) is 0 Å². The van der Waals surface area contributed by atoms with Crippen LogP contribution in [0.4, 0.5) is 17.3 Å². The third-order valence-electron chi connectivity index (χ3n) is 9.76. The molecular formula is C42H48ClN9O2. The highest BCUT2D eigenvalue weighted by Crippen LogP contribution is 2.25. The second kappa shape index (κ2) is 18.8. The van der Waals surface area contributed by atoms with Crippen molar-refractivity contribution in [3.8, 4) is 11.3 Å². The first-order valence-corrected chi connectivity index (χ1v) is 18.7. The number of carbonyl (C=O) groups excluding carboxylic acids is 2. The van der Waals surface area contributed by atoms with Crippen molar-refractivity contribution in [2.24, 2.45) is 0 Å². The van der Waals surface area contributed by atoms with E-state index in [-0.39, 0.29) is 5.91 Å². The molecule has 11 nitrogen and oxygen atoms in total. The van der Waals surface area contributed by atoms with Gasteiger partial charge in [-0.3, -0.25) is 24.4 Å². The van der Waals surface area contributed by atoms with Crippen molar-refractivity contribution in [1.82, 2.24) is 34.6 Å². The van der Waals surface area contributed by atoms with Crippen molar-refractivity contribution in [2.45, 2.75) is 20.0 Å². The van der Waals surface area contributed by atoms with Gasteiger partial charge in [0.2, 0.25) is 5.95 Å². The minimum absolute atomic E-state index is 0.143. The van der Waals surface area contributed by atoms with Gasteiger partial charge in [-0.2, -0.15) is 0 Å². The predicted octanol–water partition coefficient (Wildman–Crippen LogP) is 6.40. The first-order chi connectivity index (χ1) is 26.2. The van der Waals surface area contributed by atoms with Crippen LogP contribution in [0, 0.1) is 6.92 Å². The highest BCUT2D eigenvalue weighted by atomic mass is 35.5. The third kappa shape index (κ3) is 11.2. The molecule has 0 unspecified atom stereocenters. The van der Waals surface area contributed by atoms with Crippen LogP contribution in [0.15, 0.2) is 104 Å². The van der Waals surface area contributed by atoms with Crippen molar-refractivity contribution in [2.75, 3.05) is 77.1 Å². The van der Waals surface area contributed by atoms with Crippen LogP contribution in [-0.2, 0) is 13.1 Å². The number of aryl methyl sites for hydroxylation is 1. The molecule has 280 valence electrons. The number of benzene rings is 3. The summed E-state index contributed by atoms with van der Waals surface area (Å²) in [6, 6.07) is 26.9. The summed E-state index contributed by atoms with van der Waals surface area (Å²) in [6.45, 7) is 12.6. The van der Waals surface area contributed by atoms with Crippen LogP contribution >= 0.6 is 11.6 Å². The Morgan fingerprint density at radius 1 is 0.722 bits per heavy atom. The molecule has 2 fully saturated rings. The monoisotopic (exact) mass is 745 g/mol. The van der Waals surface area contributed by atoms with Crippen molar-refractivity contribution >= 4 is 40.1 Å². The van der Waals surface area contributed by atoms with E-state index in [9.17, 15) is 9.59 Å². The Balaban J connectivity index is 0.000000244. The van der Waals surface area contributed by atoms with E-state index in [4.69, 9.17) is 11.6 Å². The van der Waals surface area contributed by atoms with Crippen LogP contribution in [0.1, 0.15) is 37.4 Å². The summed E-state index contributed by atoms with van der Waals surface area (Å²) in [5.41, 5.74) is 7.88. The molecule has 12 heteroatoms. The van der Waals surface area contributed by atoms with E-state index in [0.29, 0.717) is 22.8 Å². The van der Waals surface area contributed by atoms with Crippen LogP contribution in [0.25, 0.3) is 11.3 Å². The lowest BCUT2D eigenvalue weighted by Gasteiger charge is -2.32. The maximum Gasteiger partial charge on any atom is 0.255 e. The SMILES string of the molecule is CN1CCN(Cc2ccc(C(=O)Cl)cc2)CC1.Cc1ccc(NC(=O)c2ccc(CN3CCN(C)CC3)cc2)cc1Nc1nccc(-c2cccnc2)n1. The molecule has 0 radical (unpaired) electrons. The second-order valence-electron chi connectivity index (χ2n) is 13.9. The molecule has 54 heavy (non-hydrogen) atoms. The summed E-state index contributed by atoms with van der Waals surface area (Å²) in [5, 5.41) is 5.90. The van der Waals surface area contributed by atoms with E-state index in [1.165, 1.54) is 11.1 Å². The minimum atomic E-state index is -0.392. The largest absolute Gasteiger partial charge is 0.324 e. The molecule has 1 amide bonds. The van der Waals surface area contributed by atoms with E-state index in [2.05, 4.69) is 59.3 Å². The Bertz CT molecular complexity index is 1980. The molecule has 2 aromatic heterocycles. The lowest BCUT2D eigenvalue weighted by Crippen LogP contribution is -2.43. The first kappa shape index (κ1) is 38.7. The highest BCUT2D eigenvalue weighted by molar-refractivity contribution is 6.67. The van der Waals surface area contributed by atoms with Gasteiger partial charge in [-0.15, -0.1) is 0 Å². The second-order valence-corrected chi connectivity index (χ2v) is 14.3. The van der Waals surface area contributed by atoms with Gasteiger partial charge >= 0.3 is 0 Å². The molecule has 2 N–H and O–H groups in total. The Labute approximate surface area is 323 Å². The molecule has 2 aliphatic heterocycles. The van der Waals surface area contributed by atoms with Gasteiger partial charge in [-0.1, -0.05) is 30.3 Å². The maximum atomic E-state index is 12.9. The first-order valence-electron chi connectivity index (χ1n) is 18.3. The summed E-state index contributed by atoms with van der Waals surface area (Å²) < 4.78 is 0. The van der Waals surface area contributed by atoms with Gasteiger partial charge in [0.15, 0.2) is 0 Å². The molecule has 0 bridgehead atoms. The quantitative estimate of drug-likeness (QED) is 0.156. The molecular weight excluding hydrogens is 698 g/mol. The summed E-state index contributed by atoms with van der Waals surface area (Å²) in [5.74, 6) is 0.333. The lowest BCUT2D eigenvalue weighted by molar-refractivity contribution is 0.102. The molecule has 0 saturated carbocycles. The van der Waals surface area contributed by atoms with Crippen molar-refractivity contribution in [3.05, 3.63) is 131 Å². The topological polar surface area (TPSA) is 110 Å². The van der Waals surface area contributed by atoms with Crippen molar-refractivity contribution in [3.63, 3.8) is 0 Å². The number of amides is 1. The number of halogens is 1. The Morgan fingerprint density at radius 2 is 1.31 bits per heavy atom. The fraction of sp³-hybridized carbons (Fsp3) is 0.310. The number of aromatic nitrogens is 3. The lowest BCUT2D eigenvalue weighted by atomic mass is 10.1. The van der Waals surface area contributed by atoms with Gasteiger partial charge in [0.1, 0.15) is 0 Å². The van der Waals surface area contributed by atoms with E-state index < -0.39 is 5.24 Å². The number of carbonyl (C=O) groups is 2. The van der Waals surface area contributed by atoms with Gasteiger partial charge < -0.3 is 20.4 Å². The zero-order valence-electron chi connectivity index (χ0n) is 31.2. The average molecular weight is 746 g/mol. The van der Waals surface area contributed by atoms with E-state index >= 15 is 0 Å². The fourth-order valence-corrected chi connectivity index (χ4v) is 6.41. The number of hydrogen-bond donors (Lipinski definition) is 2. The van der Waals surface area contributed by atoms with Crippen LogP contribution in [0.5, 0.6) is 0 Å². The number of anilines is 3. The van der Waals surface area contributed by atoms with Gasteiger partial charge in [-0.25, -0.2) is 9.97 Å². The number of rotatable bonds is 10. The molecule has 2 aliphatic rings. The Morgan fingerprint density at radius 3 is 1.87 bits per heavy atom. The number of nitrogens with zero attached hydrogens (tertiary/aromatic N) is 7. The number of likely N-dealkylation sites (N-methyl/N-ethyl adjacent to an activating group) is 2. The minimum Gasteiger partial charge on any atom is -0.324 e. The van der Waals surface area contributed by atoms with E-state index in [0.717, 1.165) is 88.0 Å². The average Bonchev–Trinajstić information content (AvgIpc) is 3.19. The molecule has 2 saturated heterocycles. The number of piperazine rings is 2. The fourth-order valence-electron chi connectivity index (χ4n) is 6.28. The maximum absolute atomic E-state index is 12.9. The van der Waals surface area contributed by atoms with Crippen LogP contribution in [0.2, 0.25) is 0 Å². The smallest absolute Gasteiger partial charge is 0.255 e. The Kier molecular flexibility index (Phi) is 13.5. The van der Waals surface area contributed by atoms with Crippen molar-refractivity contribution in [1.29, 1.82) is 0 Å². The van der Waals surface area contributed by atoms with Crippen molar-refractivity contribution < 1.29 is 9.59 Å². The Hall–Kier alpha value is -5.04. The van der Waals surface area contributed by atoms with Gasteiger partial charge in [0.25, 0.3) is 11.1 Å². The molecule has 0 aliphatic carbocycles. The zero-order chi connectivity index (χ0) is 37.9. The molecule has 4 heterocycles. The summed E-state index contributed by atoms with van der Waals surface area (Å²) >= 11 is 5.41. The van der Waals surface area contributed by atoms with Gasteiger partial charge in [0, 0.05) is 112 Å². The molecule has 0 spiro atoms. The van der Waals surface area contributed by atoms with Crippen LogP contribution in [-0.4, -0.2) is 112 Å². The van der Waals surface area contributed by atoms with Crippen LogP contribution < -0.4 is 10.6 Å². The number of hydrogen-bond acceptors (Lipinski definition) is 10.